The lowest BCUT2D eigenvalue weighted by Crippen LogP contribution is -2.67. The van der Waals surface area contributed by atoms with Gasteiger partial charge >= 0.3 is 5.97 Å². The van der Waals surface area contributed by atoms with Crippen LogP contribution in [0.2, 0.25) is 5.04 Å². The van der Waals surface area contributed by atoms with Crippen molar-refractivity contribution in [1.29, 1.82) is 0 Å². The first-order chi connectivity index (χ1) is 14.4. The number of ether oxygens (including phenoxy) is 1. The number of hydrogen-bond donors (Lipinski definition) is 0. The monoisotopic (exact) mass is 422 g/mol. The third-order valence-corrected chi connectivity index (χ3v) is 12.4. The molecule has 2 aliphatic rings. The Labute approximate surface area is 181 Å². The normalized spacial score (nSPS) is 26.4. The van der Waals surface area contributed by atoms with E-state index >= 15 is 0 Å². The molecule has 0 N–H and O–H groups in total. The van der Waals surface area contributed by atoms with E-state index in [1.54, 1.807) is 0 Å². The zero-order valence-electron chi connectivity index (χ0n) is 18.6. The van der Waals surface area contributed by atoms with Gasteiger partial charge in [-0.3, -0.25) is 4.79 Å². The van der Waals surface area contributed by atoms with Crippen LogP contribution < -0.4 is 10.4 Å². The fourth-order valence-corrected chi connectivity index (χ4v) is 10.7. The fourth-order valence-electron chi connectivity index (χ4n) is 6.02. The first-order valence-corrected chi connectivity index (χ1v) is 13.1. The highest BCUT2D eigenvalue weighted by atomic mass is 28.4. The van der Waals surface area contributed by atoms with Gasteiger partial charge in [0.05, 0.1) is 13.0 Å². The second-order valence-corrected chi connectivity index (χ2v) is 14.3. The highest BCUT2D eigenvalue weighted by Gasteiger charge is 2.54. The molecule has 0 heterocycles. The summed E-state index contributed by atoms with van der Waals surface area (Å²) in [6.45, 7) is 6.98. The molecule has 0 aliphatic heterocycles. The molecule has 2 saturated carbocycles. The van der Waals surface area contributed by atoms with Crippen molar-refractivity contribution < 1.29 is 14.0 Å². The number of carbonyl (C=O) groups is 1. The number of hydrogen-bond acceptors (Lipinski definition) is 3. The summed E-state index contributed by atoms with van der Waals surface area (Å²) in [7, 11) is -1.02. The summed E-state index contributed by atoms with van der Waals surface area (Å²) in [6.07, 6.45) is 4.30. The van der Waals surface area contributed by atoms with Crippen LogP contribution in [0.25, 0.3) is 0 Å². The predicted molar refractivity (Wildman–Crippen MR) is 123 cm³/mol. The maximum absolute atomic E-state index is 12.3. The van der Waals surface area contributed by atoms with Crippen LogP contribution in [0.1, 0.15) is 46.5 Å². The van der Waals surface area contributed by atoms with Crippen LogP contribution in [0, 0.1) is 17.8 Å². The van der Waals surface area contributed by atoms with Gasteiger partial charge in [0.1, 0.15) is 0 Å². The number of rotatable bonds is 5. The Morgan fingerprint density at radius 1 is 0.900 bits per heavy atom. The molecule has 4 atom stereocenters. The summed E-state index contributed by atoms with van der Waals surface area (Å²) >= 11 is 0. The molecule has 2 fully saturated rings. The average Bonchev–Trinajstić information content (AvgIpc) is 3.32. The van der Waals surface area contributed by atoms with Gasteiger partial charge in [-0.25, -0.2) is 0 Å². The van der Waals surface area contributed by atoms with Crippen LogP contribution in [-0.4, -0.2) is 27.5 Å². The Hall–Kier alpha value is -1.91. The third kappa shape index (κ3) is 3.65. The van der Waals surface area contributed by atoms with Crippen LogP contribution in [0.5, 0.6) is 0 Å². The van der Waals surface area contributed by atoms with E-state index in [0.717, 1.165) is 25.7 Å². The quantitative estimate of drug-likeness (QED) is 0.524. The molecule has 4 unspecified atom stereocenters. The number of esters is 1. The summed E-state index contributed by atoms with van der Waals surface area (Å²) in [4.78, 5) is 12.3. The summed E-state index contributed by atoms with van der Waals surface area (Å²) in [5.41, 5.74) is 0. The zero-order valence-corrected chi connectivity index (χ0v) is 19.6. The van der Waals surface area contributed by atoms with Crippen LogP contribution in [-0.2, 0) is 14.0 Å². The maximum Gasteiger partial charge on any atom is 0.308 e. The molecule has 2 aromatic carbocycles. The van der Waals surface area contributed by atoms with Crippen LogP contribution in [0.15, 0.2) is 60.7 Å². The Balaban J connectivity index is 1.71. The summed E-state index contributed by atoms with van der Waals surface area (Å²) in [6, 6.07) is 21.7. The predicted octanol–water partition coefficient (Wildman–Crippen LogP) is 4.54. The van der Waals surface area contributed by atoms with E-state index in [-0.39, 0.29) is 23.0 Å². The number of methoxy groups -OCH3 is 1. The Morgan fingerprint density at radius 2 is 1.47 bits per heavy atom. The van der Waals surface area contributed by atoms with Crippen molar-refractivity contribution in [1.82, 2.24) is 0 Å². The van der Waals surface area contributed by atoms with E-state index in [1.807, 2.05) is 0 Å². The molecule has 0 amide bonds. The topological polar surface area (TPSA) is 35.5 Å². The van der Waals surface area contributed by atoms with E-state index in [0.29, 0.717) is 11.8 Å². The van der Waals surface area contributed by atoms with E-state index < -0.39 is 8.32 Å². The second kappa shape index (κ2) is 8.31. The van der Waals surface area contributed by atoms with Gasteiger partial charge in [0.2, 0.25) is 0 Å². The minimum atomic E-state index is -2.54. The van der Waals surface area contributed by atoms with Gasteiger partial charge in [-0.05, 0) is 52.9 Å². The number of fused-ring (bicyclic) bond motifs is 1. The van der Waals surface area contributed by atoms with E-state index in [4.69, 9.17) is 9.16 Å². The molecule has 0 bridgehead atoms. The summed E-state index contributed by atoms with van der Waals surface area (Å²) in [5.74, 6) is 0.999. The van der Waals surface area contributed by atoms with Crippen molar-refractivity contribution in [2.45, 2.75) is 57.6 Å². The third-order valence-electron chi connectivity index (χ3n) is 7.34. The molecule has 0 aromatic heterocycles. The molecule has 4 rings (SSSR count). The molecule has 30 heavy (non-hydrogen) atoms. The Kier molecular flexibility index (Phi) is 5.91. The van der Waals surface area contributed by atoms with Crippen molar-refractivity contribution in [3.05, 3.63) is 60.7 Å². The zero-order chi connectivity index (χ0) is 21.4. The molecule has 0 radical (unpaired) electrons. The van der Waals surface area contributed by atoms with Gasteiger partial charge in [0, 0.05) is 6.10 Å². The van der Waals surface area contributed by atoms with E-state index in [1.165, 1.54) is 17.5 Å². The van der Waals surface area contributed by atoms with Crippen molar-refractivity contribution in [2.24, 2.45) is 17.8 Å². The van der Waals surface area contributed by atoms with Crippen molar-refractivity contribution in [3.8, 4) is 0 Å². The SMILES string of the molecule is COC(=O)C1CCC2CC(O[Si](c3ccccc3)(c3ccccc3)C(C)(C)C)CC21. The minimum absolute atomic E-state index is 0.0187. The lowest BCUT2D eigenvalue weighted by molar-refractivity contribution is -0.146. The van der Waals surface area contributed by atoms with E-state index in [2.05, 4.69) is 81.4 Å². The van der Waals surface area contributed by atoms with Gasteiger partial charge in [-0.15, -0.1) is 0 Å². The first kappa shape index (κ1) is 21.3. The summed E-state index contributed by atoms with van der Waals surface area (Å²) < 4.78 is 12.4. The van der Waals surface area contributed by atoms with Gasteiger partial charge in [0.15, 0.2) is 0 Å². The van der Waals surface area contributed by atoms with Crippen molar-refractivity contribution in [3.63, 3.8) is 0 Å². The molecule has 160 valence electrons. The fraction of sp³-hybridized carbons (Fsp3) is 0.500. The standard InChI is InChI=1S/C26H34O3Si/c1-26(2,3)30(21-11-7-5-8-12-21,22-13-9-6-10-14-22)29-20-17-19-15-16-23(24(19)18-20)25(27)28-4/h5-14,19-20,23-24H,15-18H2,1-4H3. The second-order valence-electron chi connectivity index (χ2n) is 10.0. The van der Waals surface area contributed by atoms with Crippen LogP contribution in [0.3, 0.4) is 0 Å². The largest absolute Gasteiger partial charge is 0.469 e. The van der Waals surface area contributed by atoms with Gasteiger partial charge in [0.25, 0.3) is 8.32 Å². The number of benzene rings is 2. The van der Waals surface area contributed by atoms with Crippen molar-refractivity contribution in [2.75, 3.05) is 7.11 Å². The molecule has 0 spiro atoms. The Bertz CT molecular complexity index is 819. The molecule has 0 saturated heterocycles. The van der Waals surface area contributed by atoms with E-state index in [9.17, 15) is 4.79 Å². The lowest BCUT2D eigenvalue weighted by atomic mass is 9.92. The van der Waals surface area contributed by atoms with Crippen molar-refractivity contribution >= 4 is 24.7 Å². The van der Waals surface area contributed by atoms with Gasteiger partial charge in [-0.2, -0.15) is 0 Å². The smallest absolute Gasteiger partial charge is 0.308 e. The highest BCUT2D eigenvalue weighted by Crippen LogP contribution is 2.50. The summed E-state index contributed by atoms with van der Waals surface area (Å²) in [5, 5.41) is 2.63. The maximum atomic E-state index is 12.3. The molecule has 2 aliphatic carbocycles. The van der Waals surface area contributed by atoms with Gasteiger partial charge < -0.3 is 9.16 Å². The average molecular weight is 423 g/mol. The molecule has 3 nitrogen and oxygen atoms in total. The number of carbonyl (C=O) groups excluding carboxylic acids is 1. The lowest BCUT2D eigenvalue weighted by Gasteiger charge is -2.45. The molecular formula is C26H34O3Si. The molecular weight excluding hydrogens is 388 g/mol. The Morgan fingerprint density at radius 3 is 1.97 bits per heavy atom. The van der Waals surface area contributed by atoms with Gasteiger partial charge in [-0.1, -0.05) is 81.4 Å². The molecule has 4 heteroatoms. The molecule has 2 aromatic rings. The van der Waals surface area contributed by atoms with Crippen LogP contribution in [0.4, 0.5) is 0 Å². The minimum Gasteiger partial charge on any atom is -0.469 e. The van der Waals surface area contributed by atoms with Crippen LogP contribution >= 0.6 is 0 Å². The highest BCUT2D eigenvalue weighted by molar-refractivity contribution is 6.99. The first-order valence-electron chi connectivity index (χ1n) is 11.2.